The van der Waals surface area contributed by atoms with Crippen LogP contribution in [0.3, 0.4) is 0 Å². The SMILES string of the molecule is CCc1cnc(CNc2nc[nH]c(=O)c2N)s1. The van der Waals surface area contributed by atoms with Crippen LogP contribution in [0.5, 0.6) is 0 Å². The molecule has 4 N–H and O–H groups in total. The van der Waals surface area contributed by atoms with Crippen LogP contribution < -0.4 is 16.6 Å². The molecule has 0 amide bonds. The van der Waals surface area contributed by atoms with Crippen LogP contribution in [0.15, 0.2) is 17.3 Å². The minimum atomic E-state index is -0.337. The number of rotatable bonds is 4. The van der Waals surface area contributed by atoms with E-state index >= 15 is 0 Å². The summed E-state index contributed by atoms with van der Waals surface area (Å²) in [6.45, 7) is 2.60. The van der Waals surface area contributed by atoms with Gasteiger partial charge in [-0.15, -0.1) is 11.3 Å². The van der Waals surface area contributed by atoms with Gasteiger partial charge in [0, 0.05) is 11.1 Å². The molecule has 90 valence electrons. The molecule has 0 aliphatic carbocycles. The zero-order valence-corrected chi connectivity index (χ0v) is 10.2. The van der Waals surface area contributed by atoms with E-state index in [0.29, 0.717) is 12.4 Å². The Morgan fingerprint density at radius 2 is 2.35 bits per heavy atom. The molecule has 6 nitrogen and oxygen atoms in total. The van der Waals surface area contributed by atoms with Gasteiger partial charge in [-0.05, 0) is 6.42 Å². The second-order valence-corrected chi connectivity index (χ2v) is 4.62. The fourth-order valence-corrected chi connectivity index (χ4v) is 2.11. The molecule has 2 aromatic heterocycles. The second-order valence-electron chi connectivity index (χ2n) is 3.42. The number of nitrogens with zero attached hydrogens (tertiary/aromatic N) is 2. The average molecular weight is 251 g/mol. The van der Waals surface area contributed by atoms with Gasteiger partial charge in [0.05, 0.1) is 12.9 Å². The lowest BCUT2D eigenvalue weighted by Gasteiger charge is -2.04. The summed E-state index contributed by atoms with van der Waals surface area (Å²) < 4.78 is 0. The first-order valence-corrected chi connectivity index (χ1v) is 6.03. The van der Waals surface area contributed by atoms with E-state index in [-0.39, 0.29) is 11.2 Å². The Morgan fingerprint density at radius 3 is 3.06 bits per heavy atom. The van der Waals surface area contributed by atoms with Gasteiger partial charge in [-0.25, -0.2) is 9.97 Å². The number of nitrogens with one attached hydrogen (secondary N) is 2. The molecular formula is C10H13N5OS. The van der Waals surface area contributed by atoms with E-state index < -0.39 is 0 Å². The van der Waals surface area contributed by atoms with E-state index in [1.54, 1.807) is 11.3 Å². The second kappa shape index (κ2) is 4.96. The molecule has 0 bridgehead atoms. The molecule has 0 fully saturated rings. The minimum Gasteiger partial charge on any atom is -0.391 e. The first kappa shape index (κ1) is 11.6. The van der Waals surface area contributed by atoms with E-state index in [4.69, 9.17) is 5.73 Å². The van der Waals surface area contributed by atoms with E-state index in [0.717, 1.165) is 11.4 Å². The van der Waals surface area contributed by atoms with Crippen LogP contribution in [0.4, 0.5) is 11.5 Å². The standard InChI is InChI=1S/C10H13N5OS/c1-2-6-3-12-7(17-6)4-13-9-8(11)10(16)15-5-14-9/h3,5H,2,4,11H2,1H3,(H2,13,14,15,16). The molecule has 2 rings (SSSR count). The monoisotopic (exact) mass is 251 g/mol. The predicted molar refractivity (Wildman–Crippen MR) is 68.1 cm³/mol. The summed E-state index contributed by atoms with van der Waals surface area (Å²) in [5.74, 6) is 0.391. The molecule has 0 unspecified atom stereocenters. The molecule has 2 heterocycles. The molecule has 0 saturated carbocycles. The topological polar surface area (TPSA) is 96.7 Å². The highest BCUT2D eigenvalue weighted by Gasteiger charge is 2.05. The van der Waals surface area contributed by atoms with Gasteiger partial charge in [-0.3, -0.25) is 4.79 Å². The fourth-order valence-electron chi connectivity index (χ4n) is 1.30. The van der Waals surface area contributed by atoms with Crippen LogP contribution in [0.2, 0.25) is 0 Å². The lowest BCUT2D eigenvalue weighted by molar-refractivity contribution is 1.05. The summed E-state index contributed by atoms with van der Waals surface area (Å²) >= 11 is 1.63. The Morgan fingerprint density at radius 1 is 1.53 bits per heavy atom. The number of hydrogen-bond acceptors (Lipinski definition) is 6. The molecular weight excluding hydrogens is 238 g/mol. The number of anilines is 2. The van der Waals surface area contributed by atoms with Crippen LogP contribution in [-0.2, 0) is 13.0 Å². The molecule has 0 aliphatic heterocycles. The van der Waals surface area contributed by atoms with Crippen molar-refractivity contribution >= 4 is 22.8 Å². The molecule has 0 radical (unpaired) electrons. The lowest BCUT2D eigenvalue weighted by atomic mass is 10.4. The summed E-state index contributed by atoms with van der Waals surface area (Å²) in [5.41, 5.74) is 5.35. The summed E-state index contributed by atoms with van der Waals surface area (Å²) in [7, 11) is 0. The highest BCUT2D eigenvalue weighted by Crippen LogP contribution is 2.15. The van der Waals surface area contributed by atoms with Crippen LogP contribution >= 0.6 is 11.3 Å². The third kappa shape index (κ3) is 2.62. The van der Waals surface area contributed by atoms with Crippen molar-refractivity contribution in [2.45, 2.75) is 19.9 Å². The quantitative estimate of drug-likeness (QED) is 0.752. The molecule has 2 aromatic rings. The van der Waals surface area contributed by atoms with Crippen molar-refractivity contribution in [3.8, 4) is 0 Å². The van der Waals surface area contributed by atoms with Gasteiger partial charge < -0.3 is 16.0 Å². The molecule has 0 spiro atoms. The van der Waals surface area contributed by atoms with Crippen LogP contribution in [0, 0.1) is 0 Å². The van der Waals surface area contributed by atoms with Gasteiger partial charge in [-0.1, -0.05) is 6.92 Å². The first-order chi connectivity index (χ1) is 8.20. The number of aryl methyl sites for hydroxylation is 1. The minimum absolute atomic E-state index is 0.0970. The van der Waals surface area contributed by atoms with Gasteiger partial charge in [0.2, 0.25) is 0 Å². The summed E-state index contributed by atoms with van der Waals surface area (Å²) in [5, 5.41) is 3.95. The number of nitrogens with two attached hydrogens (primary N) is 1. The van der Waals surface area contributed by atoms with E-state index in [1.165, 1.54) is 11.2 Å². The van der Waals surface area contributed by atoms with E-state index in [9.17, 15) is 4.79 Å². The van der Waals surface area contributed by atoms with Crippen molar-refractivity contribution in [3.05, 3.63) is 32.8 Å². The van der Waals surface area contributed by atoms with Crippen molar-refractivity contribution in [1.82, 2.24) is 15.0 Å². The molecule has 0 atom stereocenters. The Bertz CT molecular complexity index is 562. The summed E-state index contributed by atoms with van der Waals surface area (Å²) in [6.07, 6.45) is 4.15. The molecule has 17 heavy (non-hydrogen) atoms. The maximum Gasteiger partial charge on any atom is 0.276 e. The molecule has 0 saturated heterocycles. The first-order valence-electron chi connectivity index (χ1n) is 5.21. The van der Waals surface area contributed by atoms with Gasteiger partial charge in [0.1, 0.15) is 10.7 Å². The fraction of sp³-hybridized carbons (Fsp3) is 0.300. The van der Waals surface area contributed by atoms with Crippen molar-refractivity contribution in [3.63, 3.8) is 0 Å². The number of H-pyrrole nitrogens is 1. The van der Waals surface area contributed by atoms with Gasteiger partial charge >= 0.3 is 0 Å². The smallest absolute Gasteiger partial charge is 0.276 e. The van der Waals surface area contributed by atoms with Crippen molar-refractivity contribution in [2.24, 2.45) is 0 Å². The summed E-state index contributed by atoms with van der Waals surface area (Å²) in [4.78, 5) is 23.1. The van der Waals surface area contributed by atoms with Crippen LogP contribution in [0.25, 0.3) is 0 Å². The third-order valence-electron chi connectivity index (χ3n) is 2.25. The number of thiazole rings is 1. The number of aromatic amines is 1. The van der Waals surface area contributed by atoms with Crippen molar-refractivity contribution in [2.75, 3.05) is 11.1 Å². The largest absolute Gasteiger partial charge is 0.391 e. The van der Waals surface area contributed by atoms with Crippen LogP contribution in [-0.4, -0.2) is 15.0 Å². The average Bonchev–Trinajstić information content (AvgIpc) is 2.79. The Balaban J connectivity index is 2.07. The molecule has 0 aliphatic rings. The number of aromatic nitrogens is 3. The predicted octanol–water partition coefficient (Wildman–Crippen LogP) is 0.983. The highest BCUT2D eigenvalue weighted by molar-refractivity contribution is 7.11. The lowest BCUT2D eigenvalue weighted by Crippen LogP contribution is -2.16. The van der Waals surface area contributed by atoms with Crippen molar-refractivity contribution in [1.29, 1.82) is 0 Å². The Kier molecular flexibility index (Phi) is 3.38. The van der Waals surface area contributed by atoms with Gasteiger partial charge in [0.25, 0.3) is 5.56 Å². The highest BCUT2D eigenvalue weighted by atomic mass is 32.1. The van der Waals surface area contributed by atoms with Gasteiger partial charge in [0.15, 0.2) is 5.82 Å². The van der Waals surface area contributed by atoms with Crippen molar-refractivity contribution < 1.29 is 0 Å². The van der Waals surface area contributed by atoms with E-state index in [2.05, 4.69) is 27.2 Å². The summed E-state index contributed by atoms with van der Waals surface area (Å²) in [6, 6.07) is 0. The molecule has 7 heteroatoms. The maximum absolute atomic E-state index is 11.2. The Hall–Kier alpha value is -1.89. The third-order valence-corrected chi connectivity index (χ3v) is 3.39. The number of hydrogen-bond donors (Lipinski definition) is 3. The van der Waals surface area contributed by atoms with Gasteiger partial charge in [-0.2, -0.15) is 0 Å². The Labute approximate surface area is 102 Å². The normalized spacial score (nSPS) is 10.4. The zero-order valence-electron chi connectivity index (χ0n) is 9.36. The maximum atomic E-state index is 11.2. The van der Waals surface area contributed by atoms with E-state index in [1.807, 2.05) is 6.20 Å². The number of nitrogen functional groups attached to an aromatic ring is 1. The zero-order chi connectivity index (χ0) is 12.3. The van der Waals surface area contributed by atoms with Crippen LogP contribution in [0.1, 0.15) is 16.8 Å². The molecule has 0 aromatic carbocycles.